The van der Waals surface area contributed by atoms with Gasteiger partial charge in [-0.25, -0.2) is 0 Å². The molecule has 0 heterocycles. The Morgan fingerprint density at radius 3 is 1.17 bits per heavy atom. The molecule has 0 saturated carbocycles. The molecule has 0 rings (SSSR count). The molecule has 4 heteroatoms. The summed E-state index contributed by atoms with van der Waals surface area (Å²) in [6, 6.07) is 0. The van der Waals surface area contributed by atoms with E-state index >= 15 is 0 Å². The van der Waals surface area contributed by atoms with E-state index in [1.807, 2.05) is 0 Å². The van der Waals surface area contributed by atoms with Gasteiger partial charge in [0.2, 0.25) is 0 Å². The van der Waals surface area contributed by atoms with E-state index in [0.29, 0.717) is 0 Å². The van der Waals surface area contributed by atoms with Crippen LogP contribution in [0.2, 0.25) is 39.3 Å². The predicted molar refractivity (Wildman–Crippen MR) is 65.9 cm³/mol. The number of hydrogen-bond donors (Lipinski definition) is 0. The van der Waals surface area contributed by atoms with Crippen molar-refractivity contribution in [2.75, 3.05) is 6.54 Å². The zero-order valence-corrected chi connectivity index (χ0v) is 10.9. The zero-order valence-electron chi connectivity index (χ0n) is 8.86. The number of nitrogens with zero attached hydrogens (tertiary/aromatic N) is 1. The van der Waals surface area contributed by atoms with Crippen molar-refractivity contribution in [3.63, 3.8) is 0 Å². The third-order valence-corrected chi connectivity index (χ3v) is 9.55. The van der Waals surface area contributed by atoms with E-state index in [-0.39, 0.29) is 18.9 Å². The minimum absolute atomic E-state index is 0. The summed E-state index contributed by atoms with van der Waals surface area (Å²) < 4.78 is 2.67. The van der Waals surface area contributed by atoms with Gasteiger partial charge in [0.25, 0.3) is 0 Å². The summed E-state index contributed by atoms with van der Waals surface area (Å²) in [5.74, 6) is 0. The second-order valence-electron chi connectivity index (χ2n) is 4.99. The van der Waals surface area contributed by atoms with E-state index < -0.39 is 16.5 Å². The first kappa shape index (κ1) is 15.5. The van der Waals surface area contributed by atoms with Crippen molar-refractivity contribution >= 4 is 35.3 Å². The van der Waals surface area contributed by atoms with Crippen LogP contribution in [0.25, 0.3) is 0 Å². The van der Waals surface area contributed by atoms with Crippen molar-refractivity contribution in [1.82, 2.24) is 4.23 Å². The summed E-state index contributed by atoms with van der Waals surface area (Å²) >= 11 is 0. The Labute approximate surface area is 92.3 Å². The van der Waals surface area contributed by atoms with Crippen molar-refractivity contribution in [3.8, 4) is 0 Å². The third kappa shape index (κ3) is 4.88. The summed E-state index contributed by atoms with van der Waals surface area (Å²) in [7, 11) is -2.18. The molecule has 0 aliphatic carbocycles. The van der Waals surface area contributed by atoms with Crippen LogP contribution < -0.4 is 0 Å². The molecule has 0 atom stereocenters. The molecule has 0 bridgehead atoms. The molecule has 0 aromatic carbocycles. The molecule has 0 unspecified atom stereocenters. The minimum atomic E-state index is -1.09. The van der Waals surface area contributed by atoms with Gasteiger partial charge in [-0.15, -0.1) is 0 Å². The van der Waals surface area contributed by atoms with Crippen LogP contribution in [0.5, 0.6) is 0 Å². The monoisotopic (exact) mass is 196 g/mol. The average Bonchev–Trinajstić information content (AvgIpc) is 1.56. The fraction of sp³-hybridized carbons (Fsp3) is 0.875. The Balaban J connectivity index is 0. The van der Waals surface area contributed by atoms with E-state index in [9.17, 15) is 0 Å². The zero-order chi connectivity index (χ0) is 9.28. The maximum atomic E-state index is 4.01. The summed E-state index contributed by atoms with van der Waals surface area (Å²) in [5.41, 5.74) is 0. The Kier molecular flexibility index (Phi) is 6.47. The van der Waals surface area contributed by atoms with E-state index in [4.69, 9.17) is 0 Å². The molecule has 0 aromatic rings. The first-order valence-corrected chi connectivity index (χ1v) is 11.2. The first-order valence-electron chi connectivity index (χ1n) is 4.26. The fourth-order valence-corrected chi connectivity index (χ4v) is 11.1. The van der Waals surface area contributed by atoms with Gasteiger partial charge in [0, 0.05) is 0 Å². The quantitative estimate of drug-likeness (QED) is 0.625. The molecular formula is C8H23LiNSi2. The Morgan fingerprint density at radius 1 is 0.917 bits per heavy atom. The molecule has 1 radical (unpaired) electrons. The van der Waals surface area contributed by atoms with Crippen LogP contribution in [-0.2, 0) is 0 Å². The molecule has 0 N–H and O–H groups in total. The van der Waals surface area contributed by atoms with Gasteiger partial charge >= 0.3 is 18.9 Å². The van der Waals surface area contributed by atoms with Crippen LogP contribution in [0, 0.1) is 6.92 Å². The third-order valence-electron chi connectivity index (χ3n) is 1.84. The Bertz CT molecular complexity index is 112. The van der Waals surface area contributed by atoms with Crippen molar-refractivity contribution < 1.29 is 0 Å². The predicted octanol–water partition coefficient (Wildman–Crippen LogP) is 2.14. The van der Waals surface area contributed by atoms with Crippen LogP contribution in [-0.4, -0.2) is 46.1 Å². The van der Waals surface area contributed by atoms with Gasteiger partial charge in [0.05, 0.1) is 0 Å². The molecule has 0 aliphatic rings. The van der Waals surface area contributed by atoms with Crippen molar-refractivity contribution in [2.24, 2.45) is 0 Å². The van der Waals surface area contributed by atoms with Gasteiger partial charge in [-0.3, -0.25) is 0 Å². The molecule has 1 nitrogen and oxygen atoms in total. The number of hydrogen-bond acceptors (Lipinski definition) is 1. The van der Waals surface area contributed by atoms with Gasteiger partial charge in [-0.05, 0) is 13.5 Å². The molecule has 0 aliphatic heterocycles. The van der Waals surface area contributed by atoms with Gasteiger partial charge in [0.15, 0.2) is 0 Å². The second-order valence-corrected chi connectivity index (χ2v) is 15.2. The summed E-state index contributed by atoms with van der Waals surface area (Å²) in [6.45, 7) is 19.4. The summed E-state index contributed by atoms with van der Waals surface area (Å²) in [4.78, 5) is 0. The SMILES string of the molecule is [CH2]CN([Si](C)(C)C)[Si](C)(C)C.[LiH]. The molecule has 0 saturated heterocycles. The van der Waals surface area contributed by atoms with Crippen LogP contribution in [0.4, 0.5) is 0 Å². The first-order chi connectivity index (χ1) is 4.69. The normalized spacial score (nSPS) is 13.0. The topological polar surface area (TPSA) is 3.24 Å². The van der Waals surface area contributed by atoms with Crippen LogP contribution >= 0.6 is 0 Å². The van der Waals surface area contributed by atoms with Gasteiger partial charge < -0.3 is 4.23 Å². The molecule has 0 aromatic heterocycles. The Hall–Kier alpha value is 0.991. The molecule has 0 spiro atoms. The maximum absolute atomic E-state index is 4.01. The standard InChI is InChI=1S/C8H22NSi2.Li.H/c1-8-9(10(2,3)4)11(5,6)7;;/h1,8H2,2-7H3;;. The second kappa shape index (κ2) is 5.02. The van der Waals surface area contributed by atoms with Crippen molar-refractivity contribution in [2.45, 2.75) is 39.3 Å². The summed E-state index contributed by atoms with van der Waals surface area (Å²) in [5, 5.41) is 0. The van der Waals surface area contributed by atoms with Crippen molar-refractivity contribution in [1.29, 1.82) is 0 Å². The summed E-state index contributed by atoms with van der Waals surface area (Å²) in [6.07, 6.45) is 0. The Morgan fingerprint density at radius 2 is 1.17 bits per heavy atom. The molecule has 0 fully saturated rings. The number of rotatable bonds is 3. The van der Waals surface area contributed by atoms with Gasteiger partial charge in [-0.2, -0.15) is 0 Å². The fourth-order valence-electron chi connectivity index (χ4n) is 1.68. The van der Waals surface area contributed by atoms with E-state index in [1.165, 1.54) is 0 Å². The average molecular weight is 196 g/mol. The van der Waals surface area contributed by atoms with Crippen LogP contribution in [0.3, 0.4) is 0 Å². The molecule has 0 amide bonds. The molecular weight excluding hydrogens is 173 g/mol. The van der Waals surface area contributed by atoms with E-state index in [2.05, 4.69) is 50.4 Å². The van der Waals surface area contributed by atoms with Crippen LogP contribution in [0.1, 0.15) is 0 Å². The van der Waals surface area contributed by atoms with Crippen LogP contribution in [0.15, 0.2) is 0 Å². The van der Waals surface area contributed by atoms with E-state index in [0.717, 1.165) is 6.54 Å². The van der Waals surface area contributed by atoms with Crippen molar-refractivity contribution in [3.05, 3.63) is 6.92 Å². The molecule has 69 valence electrons. The molecule has 12 heavy (non-hydrogen) atoms. The van der Waals surface area contributed by atoms with Gasteiger partial charge in [0.1, 0.15) is 16.5 Å². The van der Waals surface area contributed by atoms with E-state index in [1.54, 1.807) is 0 Å². The van der Waals surface area contributed by atoms with Gasteiger partial charge in [-0.1, -0.05) is 39.3 Å².